The van der Waals surface area contributed by atoms with Crippen LogP contribution in [-0.4, -0.2) is 0 Å². The summed E-state index contributed by atoms with van der Waals surface area (Å²) in [7, 11) is 0. The van der Waals surface area contributed by atoms with Gasteiger partial charge in [0.05, 0.1) is 0 Å². The smallest absolute Gasteiger partial charge is 0.0331 e. The van der Waals surface area contributed by atoms with Crippen LogP contribution < -0.4 is 0 Å². The van der Waals surface area contributed by atoms with Crippen LogP contribution in [0.15, 0.2) is 0 Å². The molecule has 0 nitrogen and oxygen atoms in total. The van der Waals surface area contributed by atoms with E-state index in [0.29, 0.717) is 5.41 Å². The van der Waals surface area contributed by atoms with Crippen molar-refractivity contribution in [3.63, 3.8) is 0 Å². The molecule has 0 heterocycles. The van der Waals surface area contributed by atoms with Crippen molar-refractivity contribution in [2.75, 3.05) is 0 Å². The van der Waals surface area contributed by atoms with Crippen LogP contribution in [0.4, 0.5) is 0 Å². The Hall–Kier alpha value is 0. The Morgan fingerprint density at radius 1 is 0.652 bits per heavy atom. The summed E-state index contributed by atoms with van der Waals surface area (Å²) in [6.45, 7) is 19.2. The molecule has 3 atom stereocenters. The first-order valence-corrected chi connectivity index (χ1v) is 10.7. The lowest BCUT2D eigenvalue weighted by molar-refractivity contribution is 0.203. The average molecular weight is 325 g/mol. The van der Waals surface area contributed by atoms with Gasteiger partial charge < -0.3 is 0 Å². The van der Waals surface area contributed by atoms with E-state index >= 15 is 0 Å². The van der Waals surface area contributed by atoms with Gasteiger partial charge in [-0.25, -0.2) is 0 Å². The highest BCUT2D eigenvalue weighted by Gasteiger charge is 2.23. The van der Waals surface area contributed by atoms with Crippen LogP contribution in [0, 0.1) is 29.1 Å². The Morgan fingerprint density at radius 3 is 1.70 bits per heavy atom. The Balaban J connectivity index is 3.76. The second-order valence-corrected chi connectivity index (χ2v) is 9.31. The summed E-state index contributed by atoms with van der Waals surface area (Å²) < 4.78 is 0. The van der Waals surface area contributed by atoms with Crippen molar-refractivity contribution < 1.29 is 0 Å². The summed E-state index contributed by atoms with van der Waals surface area (Å²) >= 11 is 0. The maximum Gasteiger partial charge on any atom is -0.0331 e. The molecule has 0 aliphatic rings. The molecule has 0 aliphatic carbocycles. The molecule has 0 aromatic carbocycles. The molecule has 0 amide bonds. The van der Waals surface area contributed by atoms with Gasteiger partial charge in [0.15, 0.2) is 0 Å². The molecule has 0 rings (SSSR count). The summed E-state index contributed by atoms with van der Waals surface area (Å²) in [4.78, 5) is 0. The fourth-order valence-corrected chi connectivity index (χ4v) is 3.36. The van der Waals surface area contributed by atoms with Gasteiger partial charge in [-0.05, 0) is 41.9 Å². The lowest BCUT2D eigenvalue weighted by Crippen LogP contribution is -2.20. The zero-order valence-electron chi connectivity index (χ0n) is 17.9. The predicted molar refractivity (Wildman–Crippen MR) is 108 cm³/mol. The van der Waals surface area contributed by atoms with Gasteiger partial charge in [-0.3, -0.25) is 0 Å². The molecule has 0 saturated carbocycles. The normalized spacial score (nSPS) is 16.6. The molecular weight excluding hydrogens is 276 g/mol. The van der Waals surface area contributed by atoms with Gasteiger partial charge >= 0.3 is 0 Å². The Morgan fingerprint density at radius 2 is 1.22 bits per heavy atom. The Labute approximate surface area is 149 Å². The zero-order valence-corrected chi connectivity index (χ0v) is 17.9. The van der Waals surface area contributed by atoms with Crippen molar-refractivity contribution in [2.45, 2.75) is 120 Å². The Bertz CT molecular complexity index is 263. The van der Waals surface area contributed by atoms with Gasteiger partial charge in [-0.2, -0.15) is 0 Å². The summed E-state index contributed by atoms with van der Waals surface area (Å²) in [6, 6.07) is 0. The molecule has 23 heavy (non-hydrogen) atoms. The van der Waals surface area contributed by atoms with E-state index in [-0.39, 0.29) is 0 Å². The van der Waals surface area contributed by atoms with Gasteiger partial charge in [-0.1, -0.05) is 107 Å². The minimum atomic E-state index is 0.513. The lowest BCUT2D eigenvalue weighted by atomic mass is 9.75. The van der Waals surface area contributed by atoms with Crippen LogP contribution in [0.2, 0.25) is 0 Å². The highest BCUT2D eigenvalue weighted by Crippen LogP contribution is 2.34. The predicted octanol–water partition coefficient (Wildman–Crippen LogP) is 8.50. The van der Waals surface area contributed by atoms with E-state index in [1.165, 1.54) is 64.2 Å². The largest absolute Gasteiger partial charge is 0.0651 e. The van der Waals surface area contributed by atoms with Gasteiger partial charge in [0.2, 0.25) is 0 Å². The fraction of sp³-hybridized carbons (Fsp3) is 1.00. The second-order valence-electron chi connectivity index (χ2n) is 9.31. The molecule has 0 bridgehead atoms. The number of hydrogen-bond donors (Lipinski definition) is 0. The van der Waals surface area contributed by atoms with E-state index in [4.69, 9.17) is 0 Å². The third kappa shape index (κ3) is 10.5. The molecule has 0 heteroatoms. The van der Waals surface area contributed by atoms with Crippen LogP contribution in [-0.2, 0) is 0 Å². The summed E-state index contributed by atoms with van der Waals surface area (Å²) in [5.74, 6) is 3.59. The molecule has 3 unspecified atom stereocenters. The van der Waals surface area contributed by atoms with Crippen LogP contribution in [0.5, 0.6) is 0 Å². The molecule has 140 valence electrons. The molecule has 0 fully saturated rings. The van der Waals surface area contributed by atoms with E-state index in [1.54, 1.807) is 0 Å². The molecule has 0 N–H and O–H groups in total. The maximum absolute atomic E-state index is 2.45. The van der Waals surface area contributed by atoms with Crippen LogP contribution in [0.1, 0.15) is 120 Å². The minimum absolute atomic E-state index is 0.513. The fourth-order valence-electron chi connectivity index (χ4n) is 3.36. The molecule has 0 saturated heterocycles. The molecular formula is C23H48. The number of rotatable bonds is 14. The summed E-state index contributed by atoms with van der Waals surface area (Å²) in [5.41, 5.74) is 0.513. The first-order valence-electron chi connectivity index (χ1n) is 10.7. The monoisotopic (exact) mass is 324 g/mol. The van der Waals surface area contributed by atoms with Crippen molar-refractivity contribution in [1.29, 1.82) is 0 Å². The standard InChI is InChI=1S/C23H48/c1-9-20(5)21(6)15-13-11-12-14-16-22(10-2)17-18-23(7,8)19(3)4/h19-22H,9-18H2,1-8H3. The first-order chi connectivity index (χ1) is 10.7. The van der Waals surface area contributed by atoms with E-state index in [0.717, 1.165) is 23.7 Å². The molecule has 0 aromatic rings. The van der Waals surface area contributed by atoms with Crippen LogP contribution in [0.25, 0.3) is 0 Å². The van der Waals surface area contributed by atoms with Gasteiger partial charge in [0, 0.05) is 0 Å². The third-order valence-electron chi connectivity index (χ3n) is 6.97. The van der Waals surface area contributed by atoms with Crippen molar-refractivity contribution in [3.05, 3.63) is 0 Å². The SMILES string of the molecule is CCC(CCCCCCC(C)C(C)CC)CCC(C)(C)C(C)C. The lowest BCUT2D eigenvalue weighted by Gasteiger charge is -2.31. The van der Waals surface area contributed by atoms with E-state index < -0.39 is 0 Å². The summed E-state index contributed by atoms with van der Waals surface area (Å²) in [6.07, 6.45) is 14.3. The highest BCUT2D eigenvalue weighted by molar-refractivity contribution is 4.74. The topological polar surface area (TPSA) is 0 Å². The van der Waals surface area contributed by atoms with Gasteiger partial charge in [0.25, 0.3) is 0 Å². The molecule has 0 aromatic heterocycles. The third-order valence-corrected chi connectivity index (χ3v) is 6.97. The van der Waals surface area contributed by atoms with E-state index in [9.17, 15) is 0 Å². The summed E-state index contributed by atoms with van der Waals surface area (Å²) in [5, 5.41) is 0. The maximum atomic E-state index is 2.45. The van der Waals surface area contributed by atoms with Crippen molar-refractivity contribution >= 4 is 0 Å². The Kier molecular flexibility index (Phi) is 12.4. The average Bonchev–Trinajstić information content (AvgIpc) is 2.52. The van der Waals surface area contributed by atoms with Crippen molar-refractivity contribution in [2.24, 2.45) is 29.1 Å². The second kappa shape index (κ2) is 12.4. The number of hydrogen-bond acceptors (Lipinski definition) is 0. The first kappa shape index (κ1) is 23.0. The van der Waals surface area contributed by atoms with Crippen molar-refractivity contribution in [3.8, 4) is 0 Å². The quantitative estimate of drug-likeness (QED) is 0.281. The van der Waals surface area contributed by atoms with E-state index in [1.807, 2.05) is 0 Å². The highest BCUT2D eigenvalue weighted by atomic mass is 14.3. The molecule has 0 aliphatic heterocycles. The van der Waals surface area contributed by atoms with Gasteiger partial charge in [0.1, 0.15) is 0 Å². The number of unbranched alkanes of at least 4 members (excludes halogenated alkanes) is 3. The van der Waals surface area contributed by atoms with Crippen LogP contribution in [0.3, 0.4) is 0 Å². The van der Waals surface area contributed by atoms with Crippen LogP contribution >= 0.6 is 0 Å². The van der Waals surface area contributed by atoms with Crippen molar-refractivity contribution in [1.82, 2.24) is 0 Å². The minimum Gasteiger partial charge on any atom is -0.0651 e. The zero-order chi connectivity index (χ0) is 17.9. The van der Waals surface area contributed by atoms with E-state index in [2.05, 4.69) is 55.4 Å². The molecule has 0 radical (unpaired) electrons. The molecule has 0 spiro atoms. The van der Waals surface area contributed by atoms with Gasteiger partial charge in [-0.15, -0.1) is 0 Å².